The van der Waals surface area contributed by atoms with Gasteiger partial charge in [-0.05, 0) is 74.4 Å². The summed E-state index contributed by atoms with van der Waals surface area (Å²) >= 11 is 0.630. The van der Waals surface area contributed by atoms with Gasteiger partial charge in [0, 0.05) is 24.5 Å². The van der Waals surface area contributed by atoms with E-state index in [1.807, 2.05) is 6.08 Å². The van der Waals surface area contributed by atoms with Crippen LogP contribution in [0.3, 0.4) is 0 Å². The number of benzene rings is 1. The Hall–Kier alpha value is -3.76. The van der Waals surface area contributed by atoms with Gasteiger partial charge in [-0.15, -0.1) is 16.4 Å². The zero-order valence-electron chi connectivity index (χ0n) is 23.2. The third kappa shape index (κ3) is 4.79. The van der Waals surface area contributed by atoms with E-state index in [1.54, 1.807) is 23.0 Å². The molecule has 16 heteroatoms. The molecule has 0 N–H and O–H groups in total. The van der Waals surface area contributed by atoms with Gasteiger partial charge in [0.2, 0.25) is 10.8 Å². The van der Waals surface area contributed by atoms with Crippen LogP contribution < -0.4 is 0 Å². The van der Waals surface area contributed by atoms with Crippen LogP contribution in [0.5, 0.6) is 0 Å². The molecular formula is C28H25F4N7O3S2. The fraction of sp³-hybridized carbons (Fsp3) is 0.393. The van der Waals surface area contributed by atoms with E-state index in [-0.39, 0.29) is 28.9 Å². The van der Waals surface area contributed by atoms with Gasteiger partial charge in [0.05, 0.1) is 29.2 Å². The zero-order valence-corrected chi connectivity index (χ0v) is 24.8. The molecule has 0 amide bonds. The maximum atomic E-state index is 14.4. The lowest BCUT2D eigenvalue weighted by atomic mass is 9.61. The molecule has 1 aromatic carbocycles. The van der Waals surface area contributed by atoms with Crippen molar-refractivity contribution in [2.75, 3.05) is 0 Å². The molecule has 3 aliphatic carbocycles. The van der Waals surface area contributed by atoms with Gasteiger partial charge < -0.3 is 0 Å². The summed E-state index contributed by atoms with van der Waals surface area (Å²) in [5, 5.41) is 12.8. The number of halogens is 4. The lowest BCUT2D eigenvalue weighted by molar-refractivity contribution is -0.140. The number of ketones is 1. The van der Waals surface area contributed by atoms with Crippen molar-refractivity contribution < 1.29 is 30.8 Å². The Balaban J connectivity index is 1.32. The van der Waals surface area contributed by atoms with Gasteiger partial charge in [-0.1, -0.05) is 5.57 Å². The number of hydrogen-bond acceptors (Lipinski definition) is 8. The average molecular weight is 648 g/mol. The van der Waals surface area contributed by atoms with Crippen molar-refractivity contribution in [2.24, 2.45) is 12.5 Å². The van der Waals surface area contributed by atoms with Crippen LogP contribution in [0.1, 0.15) is 58.9 Å². The highest BCUT2D eigenvalue weighted by Crippen LogP contribution is 2.53. The molecule has 0 unspecified atom stereocenters. The smallest absolute Gasteiger partial charge is 0.290 e. The van der Waals surface area contributed by atoms with Crippen molar-refractivity contribution in [1.82, 2.24) is 34.1 Å². The summed E-state index contributed by atoms with van der Waals surface area (Å²) in [5.74, 6) is -0.990. The molecule has 7 rings (SSSR count). The lowest BCUT2D eigenvalue weighted by Gasteiger charge is -2.46. The molecular weight excluding hydrogens is 622 g/mol. The van der Waals surface area contributed by atoms with Crippen molar-refractivity contribution in [1.29, 1.82) is 0 Å². The summed E-state index contributed by atoms with van der Waals surface area (Å²) in [6, 6.07) is 4.87. The Labute approximate surface area is 253 Å². The van der Waals surface area contributed by atoms with Crippen LogP contribution in [0.15, 0.2) is 52.6 Å². The Morgan fingerprint density at radius 1 is 1.09 bits per heavy atom. The predicted octanol–water partition coefficient (Wildman–Crippen LogP) is 4.83. The van der Waals surface area contributed by atoms with E-state index in [2.05, 4.69) is 20.3 Å². The van der Waals surface area contributed by atoms with E-state index in [9.17, 15) is 30.8 Å². The van der Waals surface area contributed by atoms with Crippen LogP contribution in [0.4, 0.5) is 17.6 Å². The van der Waals surface area contributed by atoms with Crippen molar-refractivity contribution >= 4 is 33.2 Å². The summed E-state index contributed by atoms with van der Waals surface area (Å²) < 4.78 is 84.8. The Morgan fingerprint density at radius 3 is 2.48 bits per heavy atom. The summed E-state index contributed by atoms with van der Waals surface area (Å²) in [6.45, 7) is 0. The number of aromatic nitrogens is 6. The number of carbonyl (C=O) groups excluding carboxylic acids is 1. The standard InChI is InChI=1S/C28H25F4N7O3S2/c1-37-33-14-24(36-37)44(41,42)39(20-8-9-20)21-5-2-17-10-22-16(13-34-38(22)19-6-3-18(29)4-7-19)11-27(17,12-21)25(40)26-35-23(15-43-26)28(30,31)32/h3-4,6-7,10,13-15,20-21H,2,5,8-9,11-12H2,1H3/t21-,27-/m0/s1. The molecule has 2 fully saturated rings. The van der Waals surface area contributed by atoms with Crippen molar-refractivity contribution in [3.05, 3.63) is 75.4 Å². The first-order valence-electron chi connectivity index (χ1n) is 13.9. The number of alkyl halides is 3. The second-order valence-electron chi connectivity index (χ2n) is 11.4. The largest absolute Gasteiger partial charge is 0.434 e. The van der Waals surface area contributed by atoms with Crippen molar-refractivity contribution in [3.63, 3.8) is 0 Å². The first-order chi connectivity index (χ1) is 20.9. The normalized spacial score (nSPS) is 22.0. The van der Waals surface area contributed by atoms with Gasteiger partial charge in [-0.2, -0.15) is 32.5 Å². The summed E-state index contributed by atoms with van der Waals surface area (Å²) in [7, 11) is -2.57. The fourth-order valence-electron chi connectivity index (χ4n) is 6.37. The number of Topliss-reactive ketones (excluding diaryl/α,β-unsaturated/α-hetero) is 1. The average Bonchev–Trinajstić information content (AvgIpc) is 3.34. The minimum atomic E-state index is -4.72. The molecule has 0 spiro atoms. The number of fused-ring (bicyclic) bond motifs is 2. The first kappa shape index (κ1) is 29.0. The number of allylic oxidation sites excluding steroid dienone is 1. The van der Waals surface area contributed by atoms with E-state index in [4.69, 9.17) is 0 Å². The van der Waals surface area contributed by atoms with E-state index < -0.39 is 45.0 Å². The molecule has 3 heterocycles. The number of aryl methyl sites for hydroxylation is 1. The number of nitrogens with zero attached hydrogens (tertiary/aromatic N) is 7. The lowest BCUT2D eigenvalue weighted by Crippen LogP contribution is -2.51. The zero-order chi connectivity index (χ0) is 31.0. The SMILES string of the molecule is Cn1ncc(S(=O)(=O)N(C2CC2)[C@H]2CCC3=Cc4c(cnn4-c4ccc(F)cc4)C[C@]3(C(=O)c3nc(C(F)(F)F)cs3)C2)n1. The first-order valence-corrected chi connectivity index (χ1v) is 16.2. The molecule has 0 bridgehead atoms. The third-order valence-corrected chi connectivity index (χ3v) is 11.2. The van der Waals surface area contributed by atoms with Gasteiger partial charge >= 0.3 is 6.18 Å². The number of carbonyl (C=O) groups is 1. The maximum Gasteiger partial charge on any atom is 0.434 e. The number of hydrogen-bond donors (Lipinski definition) is 0. The molecule has 230 valence electrons. The monoisotopic (exact) mass is 647 g/mol. The summed E-state index contributed by atoms with van der Waals surface area (Å²) in [6.07, 6.45) is 2.03. The fourth-order valence-corrected chi connectivity index (χ4v) is 9.03. The molecule has 3 aromatic heterocycles. The minimum Gasteiger partial charge on any atom is -0.290 e. The Bertz CT molecular complexity index is 1910. The maximum absolute atomic E-state index is 14.4. The van der Waals surface area contributed by atoms with Crippen LogP contribution in [0, 0.1) is 11.2 Å². The molecule has 0 saturated heterocycles. The van der Waals surface area contributed by atoms with Crippen LogP contribution in [-0.2, 0) is 29.7 Å². The van der Waals surface area contributed by atoms with Crippen molar-refractivity contribution in [3.8, 4) is 5.69 Å². The molecule has 4 aromatic rings. The number of rotatable bonds is 7. The molecule has 10 nitrogen and oxygen atoms in total. The van der Waals surface area contributed by atoms with E-state index in [0.29, 0.717) is 59.5 Å². The minimum absolute atomic E-state index is 0.0513. The van der Waals surface area contributed by atoms with Crippen LogP contribution >= 0.6 is 11.3 Å². The highest BCUT2D eigenvalue weighted by molar-refractivity contribution is 7.89. The quantitative estimate of drug-likeness (QED) is 0.209. The highest BCUT2D eigenvalue weighted by Gasteiger charge is 2.54. The van der Waals surface area contributed by atoms with Crippen LogP contribution in [0.25, 0.3) is 11.8 Å². The topological polar surface area (TPSA) is 116 Å². The number of sulfonamides is 1. The van der Waals surface area contributed by atoms with Gasteiger partial charge in [0.1, 0.15) is 5.82 Å². The number of thiazole rings is 1. The molecule has 2 saturated carbocycles. The van der Waals surface area contributed by atoms with Crippen LogP contribution in [0.2, 0.25) is 0 Å². The molecule has 0 aliphatic heterocycles. The molecule has 0 radical (unpaired) electrons. The Kier molecular flexibility index (Phi) is 6.68. The van der Waals surface area contributed by atoms with E-state index in [0.717, 1.165) is 10.2 Å². The van der Waals surface area contributed by atoms with Crippen molar-refractivity contribution in [2.45, 2.75) is 61.8 Å². The molecule has 3 aliphatic rings. The van der Waals surface area contributed by atoms with Gasteiger partial charge in [0.15, 0.2) is 10.7 Å². The van der Waals surface area contributed by atoms with Gasteiger partial charge in [0.25, 0.3) is 10.0 Å². The third-order valence-electron chi connectivity index (χ3n) is 8.52. The van der Waals surface area contributed by atoms with Gasteiger partial charge in [-0.25, -0.2) is 22.5 Å². The highest BCUT2D eigenvalue weighted by atomic mass is 32.2. The molecule has 44 heavy (non-hydrogen) atoms. The summed E-state index contributed by atoms with van der Waals surface area (Å²) in [4.78, 5) is 19.2. The molecule has 2 atom stereocenters. The second-order valence-corrected chi connectivity index (χ2v) is 14.0. The van der Waals surface area contributed by atoms with Gasteiger partial charge in [-0.3, -0.25) is 4.79 Å². The summed E-state index contributed by atoms with van der Waals surface area (Å²) in [5.41, 5.74) is 0.112. The predicted molar refractivity (Wildman–Crippen MR) is 150 cm³/mol. The van der Waals surface area contributed by atoms with E-state index in [1.165, 1.54) is 29.7 Å². The second kappa shape index (κ2) is 10.1. The Morgan fingerprint density at radius 2 is 1.84 bits per heavy atom. The van der Waals surface area contributed by atoms with Crippen LogP contribution in [-0.4, -0.2) is 60.3 Å². The van der Waals surface area contributed by atoms with E-state index >= 15 is 0 Å².